The molecule has 6 nitrogen and oxygen atoms in total. The molecule has 2 rings (SSSR count). The molecule has 0 heterocycles. The summed E-state index contributed by atoms with van der Waals surface area (Å²) >= 11 is 5.79. The predicted octanol–water partition coefficient (Wildman–Crippen LogP) is 2.72. The zero-order chi connectivity index (χ0) is 18.9. The zero-order valence-electron chi connectivity index (χ0n) is 14.3. The fraction of sp³-hybridized carbons (Fsp3) is 0.263. The molecule has 2 aromatic carbocycles. The zero-order valence-corrected chi connectivity index (χ0v) is 15.0. The number of hydrogen-bond acceptors (Lipinski definition) is 5. The first-order valence-electron chi connectivity index (χ1n) is 8.01. The summed E-state index contributed by atoms with van der Waals surface area (Å²) < 4.78 is 10.2. The quantitative estimate of drug-likeness (QED) is 0.691. The number of hydrogen-bond donors (Lipinski definition) is 2. The van der Waals surface area contributed by atoms with Crippen LogP contribution in [0.1, 0.15) is 12.0 Å². The Balaban J connectivity index is 1.86. The molecule has 2 aromatic rings. The van der Waals surface area contributed by atoms with Gasteiger partial charge in [-0.3, -0.25) is 4.79 Å². The Kier molecular flexibility index (Phi) is 7.29. The van der Waals surface area contributed by atoms with Crippen LogP contribution in [0, 0.1) is 0 Å². The van der Waals surface area contributed by atoms with Crippen LogP contribution in [0.2, 0.25) is 5.02 Å². The lowest BCUT2D eigenvalue weighted by Gasteiger charge is -2.17. The third-order valence-electron chi connectivity index (χ3n) is 3.61. The summed E-state index contributed by atoms with van der Waals surface area (Å²) in [6, 6.07) is 12.4. The third kappa shape index (κ3) is 6.29. The molecular weight excluding hydrogens is 358 g/mol. The van der Waals surface area contributed by atoms with Gasteiger partial charge in [-0.2, -0.15) is 0 Å². The van der Waals surface area contributed by atoms with Crippen LogP contribution < -0.4 is 10.1 Å². The monoisotopic (exact) mass is 377 g/mol. The van der Waals surface area contributed by atoms with Crippen LogP contribution in [-0.2, 0) is 20.7 Å². The van der Waals surface area contributed by atoms with Crippen molar-refractivity contribution in [2.75, 3.05) is 13.7 Å². The van der Waals surface area contributed by atoms with Gasteiger partial charge in [0.1, 0.15) is 17.5 Å². The van der Waals surface area contributed by atoms with Crippen molar-refractivity contribution in [3.8, 4) is 11.5 Å². The minimum Gasteiger partial charge on any atom is -0.508 e. The molecule has 0 saturated heterocycles. The van der Waals surface area contributed by atoms with Crippen LogP contribution in [0.3, 0.4) is 0 Å². The number of amides is 1. The van der Waals surface area contributed by atoms with Crippen LogP contribution in [0.15, 0.2) is 48.5 Å². The summed E-state index contributed by atoms with van der Waals surface area (Å²) in [6.07, 6.45) is 0.350. The van der Waals surface area contributed by atoms with E-state index in [0.29, 0.717) is 10.8 Å². The molecule has 1 amide bonds. The van der Waals surface area contributed by atoms with Crippen LogP contribution in [0.4, 0.5) is 0 Å². The largest absolute Gasteiger partial charge is 0.508 e. The van der Waals surface area contributed by atoms with Crippen LogP contribution in [0.25, 0.3) is 0 Å². The summed E-state index contributed by atoms with van der Waals surface area (Å²) in [5.41, 5.74) is 0.788. The molecule has 0 fully saturated rings. The number of nitrogens with one attached hydrogen (secondary N) is 1. The number of carbonyl (C=O) groups excluding carboxylic acids is 2. The van der Waals surface area contributed by atoms with E-state index in [4.69, 9.17) is 21.1 Å². The Bertz CT molecular complexity index is 731. The smallest absolute Gasteiger partial charge is 0.328 e. The lowest BCUT2D eigenvalue weighted by Crippen LogP contribution is -2.43. The van der Waals surface area contributed by atoms with Gasteiger partial charge in [-0.1, -0.05) is 23.7 Å². The minimum absolute atomic E-state index is 0.0890. The standard InChI is InChI=1S/C19H20ClNO5/c1-25-19(24)17(12-13-2-6-15(22)7-3-13)21-18(23)10-11-26-16-8-4-14(20)5-9-16/h2-9,17,22H,10-12H2,1H3,(H,21,23). The van der Waals surface area contributed by atoms with Crippen molar-refractivity contribution in [3.05, 3.63) is 59.1 Å². The first-order chi connectivity index (χ1) is 12.5. The SMILES string of the molecule is COC(=O)C(Cc1ccc(O)cc1)NC(=O)CCOc1ccc(Cl)cc1. The fourth-order valence-electron chi connectivity index (χ4n) is 2.26. The number of halogens is 1. The molecule has 0 aliphatic heterocycles. The molecule has 0 aliphatic rings. The summed E-state index contributed by atoms with van der Waals surface area (Å²) in [4.78, 5) is 24.0. The van der Waals surface area contributed by atoms with Gasteiger partial charge >= 0.3 is 5.97 Å². The highest BCUT2D eigenvalue weighted by atomic mass is 35.5. The van der Waals surface area contributed by atoms with E-state index in [9.17, 15) is 14.7 Å². The van der Waals surface area contributed by atoms with E-state index in [1.165, 1.54) is 19.2 Å². The Morgan fingerprint density at radius 2 is 1.77 bits per heavy atom. The molecule has 26 heavy (non-hydrogen) atoms. The van der Waals surface area contributed by atoms with Gasteiger partial charge in [-0.25, -0.2) is 4.79 Å². The van der Waals surface area contributed by atoms with E-state index in [-0.39, 0.29) is 31.1 Å². The van der Waals surface area contributed by atoms with E-state index >= 15 is 0 Å². The van der Waals surface area contributed by atoms with Crippen molar-refractivity contribution < 1.29 is 24.2 Å². The minimum atomic E-state index is -0.812. The molecule has 0 radical (unpaired) electrons. The maximum absolute atomic E-state index is 12.1. The van der Waals surface area contributed by atoms with Crippen molar-refractivity contribution in [3.63, 3.8) is 0 Å². The average molecular weight is 378 g/mol. The van der Waals surface area contributed by atoms with E-state index in [1.807, 2.05) is 0 Å². The number of carbonyl (C=O) groups is 2. The van der Waals surface area contributed by atoms with Gasteiger partial charge in [-0.05, 0) is 42.0 Å². The van der Waals surface area contributed by atoms with Crippen molar-refractivity contribution in [2.45, 2.75) is 18.9 Å². The summed E-state index contributed by atoms with van der Waals surface area (Å²) in [5.74, 6) is -0.124. The second-order valence-corrected chi connectivity index (χ2v) is 6.00. The number of rotatable bonds is 8. The van der Waals surface area contributed by atoms with E-state index in [0.717, 1.165) is 5.56 Å². The van der Waals surface area contributed by atoms with Crippen molar-refractivity contribution in [1.29, 1.82) is 0 Å². The molecule has 138 valence electrons. The van der Waals surface area contributed by atoms with E-state index < -0.39 is 12.0 Å². The van der Waals surface area contributed by atoms with Crippen LogP contribution in [0.5, 0.6) is 11.5 Å². The highest BCUT2D eigenvalue weighted by Gasteiger charge is 2.21. The van der Waals surface area contributed by atoms with Gasteiger partial charge in [0, 0.05) is 11.4 Å². The maximum Gasteiger partial charge on any atom is 0.328 e. The number of phenols is 1. The van der Waals surface area contributed by atoms with E-state index in [2.05, 4.69) is 5.32 Å². The van der Waals surface area contributed by atoms with Gasteiger partial charge in [0.15, 0.2) is 0 Å². The summed E-state index contributed by atoms with van der Waals surface area (Å²) in [7, 11) is 1.27. The van der Waals surface area contributed by atoms with Gasteiger partial charge in [0.2, 0.25) is 5.91 Å². The fourth-order valence-corrected chi connectivity index (χ4v) is 2.39. The molecule has 2 N–H and O–H groups in total. The molecule has 1 atom stereocenters. The Morgan fingerprint density at radius 3 is 2.38 bits per heavy atom. The molecular formula is C19H20ClNO5. The number of esters is 1. The second-order valence-electron chi connectivity index (χ2n) is 5.57. The third-order valence-corrected chi connectivity index (χ3v) is 3.86. The Morgan fingerprint density at radius 1 is 1.12 bits per heavy atom. The van der Waals surface area contributed by atoms with Gasteiger partial charge in [0.25, 0.3) is 0 Å². The topological polar surface area (TPSA) is 84.9 Å². The molecule has 0 aromatic heterocycles. The highest BCUT2D eigenvalue weighted by Crippen LogP contribution is 2.15. The number of aromatic hydroxyl groups is 1. The normalized spacial score (nSPS) is 11.5. The Hall–Kier alpha value is -2.73. The van der Waals surface area contributed by atoms with Crippen LogP contribution >= 0.6 is 11.6 Å². The van der Waals surface area contributed by atoms with Crippen molar-refractivity contribution in [2.24, 2.45) is 0 Å². The molecule has 7 heteroatoms. The Labute approximate surface area is 156 Å². The molecule has 0 spiro atoms. The number of phenolic OH excluding ortho intramolecular Hbond substituents is 1. The van der Waals surface area contributed by atoms with Gasteiger partial charge in [0.05, 0.1) is 20.1 Å². The summed E-state index contributed by atoms with van der Waals surface area (Å²) in [5, 5.41) is 12.6. The number of methoxy groups -OCH3 is 1. The first kappa shape index (κ1) is 19.6. The van der Waals surface area contributed by atoms with Crippen molar-refractivity contribution in [1.82, 2.24) is 5.32 Å². The average Bonchev–Trinajstić information content (AvgIpc) is 2.64. The number of ether oxygens (including phenoxy) is 2. The molecule has 0 aliphatic carbocycles. The van der Waals surface area contributed by atoms with Gasteiger partial charge < -0.3 is 19.9 Å². The van der Waals surface area contributed by atoms with Crippen molar-refractivity contribution >= 4 is 23.5 Å². The van der Waals surface area contributed by atoms with Crippen LogP contribution in [-0.4, -0.2) is 36.7 Å². The molecule has 0 saturated carbocycles. The predicted molar refractivity (Wildman–Crippen MR) is 97.3 cm³/mol. The molecule has 1 unspecified atom stereocenters. The highest BCUT2D eigenvalue weighted by molar-refractivity contribution is 6.30. The summed E-state index contributed by atoms with van der Waals surface area (Å²) in [6.45, 7) is 0.167. The lowest BCUT2D eigenvalue weighted by molar-refractivity contribution is -0.145. The number of benzene rings is 2. The lowest BCUT2D eigenvalue weighted by atomic mass is 10.1. The van der Waals surface area contributed by atoms with E-state index in [1.54, 1.807) is 36.4 Å². The second kappa shape index (κ2) is 9.68. The molecule has 0 bridgehead atoms. The maximum atomic E-state index is 12.1. The van der Waals surface area contributed by atoms with Gasteiger partial charge in [-0.15, -0.1) is 0 Å². The first-order valence-corrected chi connectivity index (χ1v) is 8.39.